The summed E-state index contributed by atoms with van der Waals surface area (Å²) in [6.45, 7) is 2.92. The van der Waals surface area contributed by atoms with Crippen molar-refractivity contribution in [2.24, 2.45) is 0 Å². The number of alkyl halides is 3. The van der Waals surface area contributed by atoms with Crippen LogP contribution < -0.4 is 19.3 Å². The van der Waals surface area contributed by atoms with E-state index in [9.17, 15) is 21.6 Å². The third kappa shape index (κ3) is 5.64. The van der Waals surface area contributed by atoms with E-state index in [1.165, 1.54) is 24.5 Å². The topological polar surface area (TPSA) is 87.7 Å². The van der Waals surface area contributed by atoms with Crippen LogP contribution in [0.15, 0.2) is 71.9 Å². The lowest BCUT2D eigenvalue weighted by Crippen LogP contribution is -2.47. The Bertz CT molecular complexity index is 1180. The highest BCUT2D eigenvalue weighted by molar-refractivity contribution is 7.92. The maximum atomic E-state index is 12.6. The van der Waals surface area contributed by atoms with Gasteiger partial charge in [0.25, 0.3) is 10.0 Å². The molecule has 0 unspecified atom stereocenters. The lowest BCUT2D eigenvalue weighted by atomic mass is 10.2. The van der Waals surface area contributed by atoms with Crippen LogP contribution in [0.2, 0.25) is 0 Å². The van der Waals surface area contributed by atoms with Gasteiger partial charge in [0, 0.05) is 31.9 Å². The van der Waals surface area contributed by atoms with Crippen molar-refractivity contribution in [2.75, 3.05) is 40.7 Å². The molecule has 0 bridgehead atoms. The van der Waals surface area contributed by atoms with E-state index in [1.807, 2.05) is 35.2 Å². The zero-order valence-electron chi connectivity index (χ0n) is 17.2. The number of halogens is 3. The second-order valence-electron chi connectivity index (χ2n) is 7.18. The molecular formula is C21H20F3N5O3S. The molecule has 1 aliphatic heterocycles. The van der Waals surface area contributed by atoms with E-state index in [1.54, 1.807) is 0 Å². The van der Waals surface area contributed by atoms with Crippen molar-refractivity contribution in [3.8, 4) is 5.75 Å². The fourth-order valence-corrected chi connectivity index (χ4v) is 4.59. The number of nitrogens with zero attached hydrogens (tertiary/aromatic N) is 4. The smallest absolute Gasteiger partial charge is 0.404 e. The van der Waals surface area contributed by atoms with Crippen LogP contribution in [-0.4, -0.2) is 50.9 Å². The molecular weight excluding hydrogens is 459 g/mol. The fraction of sp³-hybridized carbons (Fsp3) is 0.238. The molecule has 0 radical (unpaired) electrons. The summed E-state index contributed by atoms with van der Waals surface area (Å²) in [5, 5.41) is 0. The molecule has 2 aromatic carbocycles. The molecule has 12 heteroatoms. The van der Waals surface area contributed by atoms with Gasteiger partial charge in [-0.3, -0.25) is 4.72 Å². The van der Waals surface area contributed by atoms with Gasteiger partial charge >= 0.3 is 6.36 Å². The van der Waals surface area contributed by atoms with Gasteiger partial charge in [-0.1, -0.05) is 30.3 Å². The lowest BCUT2D eigenvalue weighted by Gasteiger charge is -2.36. The number of aromatic nitrogens is 2. The summed E-state index contributed by atoms with van der Waals surface area (Å²) in [5.74, 6) is -0.391. The highest BCUT2D eigenvalue weighted by Crippen LogP contribution is 2.30. The first kappa shape index (κ1) is 22.6. The summed E-state index contributed by atoms with van der Waals surface area (Å²) in [7, 11) is -4.37. The zero-order valence-corrected chi connectivity index (χ0v) is 18.1. The summed E-state index contributed by atoms with van der Waals surface area (Å²) < 4.78 is 69.1. The number of ether oxygens (including phenoxy) is 1. The largest absolute Gasteiger partial charge is 0.573 e. The van der Waals surface area contributed by atoms with Crippen molar-refractivity contribution < 1.29 is 26.3 Å². The number of benzene rings is 2. The minimum atomic E-state index is -5.03. The molecule has 8 nitrogen and oxygen atoms in total. The highest BCUT2D eigenvalue weighted by Gasteiger charge is 2.34. The van der Waals surface area contributed by atoms with Crippen LogP contribution in [0.1, 0.15) is 0 Å². The number of hydrogen-bond acceptors (Lipinski definition) is 7. The quantitative estimate of drug-likeness (QED) is 0.579. The first-order chi connectivity index (χ1) is 15.7. The highest BCUT2D eigenvalue weighted by atomic mass is 32.2. The Morgan fingerprint density at radius 3 is 2.06 bits per heavy atom. The number of anilines is 3. The summed E-state index contributed by atoms with van der Waals surface area (Å²) >= 11 is 0. The molecule has 0 amide bonds. The van der Waals surface area contributed by atoms with Gasteiger partial charge < -0.3 is 14.5 Å². The van der Waals surface area contributed by atoms with Gasteiger partial charge in [0.15, 0.2) is 0 Å². The molecule has 0 spiro atoms. The molecule has 0 saturated carbocycles. The van der Waals surface area contributed by atoms with Gasteiger partial charge in [0.2, 0.25) is 5.95 Å². The van der Waals surface area contributed by atoms with Crippen molar-refractivity contribution >= 4 is 27.3 Å². The van der Waals surface area contributed by atoms with Crippen molar-refractivity contribution in [3.05, 3.63) is 67.0 Å². The minimum Gasteiger partial charge on any atom is -0.404 e. The normalized spacial score (nSPS) is 14.8. The van der Waals surface area contributed by atoms with E-state index in [0.29, 0.717) is 19.0 Å². The van der Waals surface area contributed by atoms with Crippen LogP contribution >= 0.6 is 0 Å². The maximum absolute atomic E-state index is 12.6. The van der Waals surface area contributed by atoms with E-state index in [0.717, 1.165) is 30.9 Å². The number of nitrogens with one attached hydrogen (secondary N) is 1. The molecule has 0 aliphatic carbocycles. The van der Waals surface area contributed by atoms with Crippen molar-refractivity contribution in [3.63, 3.8) is 0 Å². The summed E-state index contributed by atoms with van der Waals surface area (Å²) in [4.78, 5) is 12.0. The molecule has 2 heterocycles. The molecule has 1 aliphatic rings. The number of piperazine rings is 1. The van der Waals surface area contributed by atoms with E-state index in [4.69, 9.17) is 0 Å². The van der Waals surface area contributed by atoms with Crippen molar-refractivity contribution in [2.45, 2.75) is 11.3 Å². The molecule has 1 saturated heterocycles. The van der Waals surface area contributed by atoms with Crippen molar-refractivity contribution in [1.29, 1.82) is 0 Å². The SMILES string of the molecule is O=S(=O)(Nc1cnc(N2CCN(c3ccccc3)CC2)nc1)c1ccccc1OC(F)(F)F. The Morgan fingerprint density at radius 1 is 0.848 bits per heavy atom. The number of sulfonamides is 1. The number of hydrogen-bond donors (Lipinski definition) is 1. The van der Waals surface area contributed by atoms with Crippen molar-refractivity contribution in [1.82, 2.24) is 9.97 Å². The van der Waals surface area contributed by atoms with Crippen LogP contribution in [0.4, 0.5) is 30.5 Å². The van der Waals surface area contributed by atoms with E-state index >= 15 is 0 Å². The van der Waals surface area contributed by atoms with Gasteiger partial charge in [0.05, 0.1) is 18.1 Å². The number of rotatable bonds is 6. The second kappa shape index (κ2) is 9.14. The van der Waals surface area contributed by atoms with Crippen LogP contribution in [0.25, 0.3) is 0 Å². The fourth-order valence-electron chi connectivity index (χ4n) is 3.43. The molecule has 0 atom stereocenters. The van der Waals surface area contributed by atoms with Gasteiger partial charge in [-0.2, -0.15) is 0 Å². The molecule has 174 valence electrons. The average Bonchev–Trinajstić information content (AvgIpc) is 2.79. The Labute approximate surface area is 188 Å². The second-order valence-corrected chi connectivity index (χ2v) is 8.83. The standard InChI is InChI=1S/C21H20F3N5O3S/c22-21(23,24)32-18-8-4-5-9-19(18)33(30,31)27-16-14-25-20(26-15-16)29-12-10-28(11-13-29)17-6-2-1-3-7-17/h1-9,14-15,27H,10-13H2. The molecule has 1 fully saturated rings. The van der Waals surface area contributed by atoms with E-state index < -0.39 is 27.0 Å². The zero-order chi connectivity index (χ0) is 23.5. The van der Waals surface area contributed by atoms with Crippen LogP contribution in [0.3, 0.4) is 0 Å². The molecule has 1 aromatic heterocycles. The third-order valence-corrected chi connectivity index (χ3v) is 6.36. The summed E-state index contributed by atoms with van der Waals surface area (Å²) in [6, 6.07) is 14.5. The van der Waals surface area contributed by atoms with Crippen LogP contribution in [0.5, 0.6) is 5.75 Å². The van der Waals surface area contributed by atoms with Gasteiger partial charge in [-0.05, 0) is 24.3 Å². The molecule has 4 rings (SSSR count). The number of para-hydroxylation sites is 2. The Kier molecular flexibility index (Phi) is 6.27. The van der Waals surface area contributed by atoms with Gasteiger partial charge in [-0.25, -0.2) is 18.4 Å². The van der Waals surface area contributed by atoms with Gasteiger partial charge in [-0.15, -0.1) is 13.2 Å². The summed E-state index contributed by atoms with van der Waals surface area (Å²) in [5.41, 5.74) is 1.15. The van der Waals surface area contributed by atoms with Gasteiger partial charge in [0.1, 0.15) is 10.6 Å². The third-order valence-electron chi connectivity index (χ3n) is 4.94. The summed E-state index contributed by atoms with van der Waals surface area (Å²) in [6.07, 6.45) is -2.48. The minimum absolute atomic E-state index is 0.0171. The lowest BCUT2D eigenvalue weighted by molar-refractivity contribution is -0.275. The Balaban J connectivity index is 1.42. The van der Waals surface area contributed by atoms with E-state index in [-0.39, 0.29) is 5.69 Å². The molecule has 33 heavy (non-hydrogen) atoms. The van der Waals surface area contributed by atoms with Crippen LogP contribution in [0, 0.1) is 0 Å². The molecule has 1 N–H and O–H groups in total. The predicted molar refractivity (Wildman–Crippen MR) is 117 cm³/mol. The maximum Gasteiger partial charge on any atom is 0.573 e. The average molecular weight is 479 g/mol. The first-order valence-electron chi connectivity index (χ1n) is 9.96. The Hall–Kier alpha value is -3.54. The molecule has 3 aromatic rings. The Morgan fingerprint density at radius 2 is 1.42 bits per heavy atom. The predicted octanol–water partition coefficient (Wildman–Crippen LogP) is 3.50. The monoisotopic (exact) mass is 479 g/mol. The van der Waals surface area contributed by atoms with E-state index in [2.05, 4.69) is 24.3 Å². The van der Waals surface area contributed by atoms with Crippen LogP contribution in [-0.2, 0) is 10.0 Å². The first-order valence-corrected chi connectivity index (χ1v) is 11.4.